The van der Waals surface area contributed by atoms with Crippen LogP contribution in [0.5, 0.6) is 5.75 Å². The van der Waals surface area contributed by atoms with Crippen molar-refractivity contribution in [2.24, 2.45) is 0 Å². The van der Waals surface area contributed by atoms with Crippen LogP contribution in [0.4, 0.5) is 17.5 Å². The van der Waals surface area contributed by atoms with Crippen LogP contribution in [0, 0.1) is 0 Å². The van der Waals surface area contributed by atoms with E-state index in [9.17, 15) is 0 Å². The van der Waals surface area contributed by atoms with Crippen molar-refractivity contribution in [2.45, 2.75) is 6.42 Å². The predicted octanol–water partition coefficient (Wildman–Crippen LogP) is 5.19. The molecule has 2 aromatic carbocycles. The van der Waals surface area contributed by atoms with Crippen molar-refractivity contribution in [1.29, 1.82) is 0 Å². The highest BCUT2D eigenvalue weighted by atomic mass is 35.5. The summed E-state index contributed by atoms with van der Waals surface area (Å²) in [6.45, 7) is 0.687. The van der Waals surface area contributed by atoms with Gasteiger partial charge in [0.15, 0.2) is 0 Å². The van der Waals surface area contributed by atoms with Crippen LogP contribution in [0.15, 0.2) is 54.7 Å². The van der Waals surface area contributed by atoms with E-state index in [-0.39, 0.29) is 0 Å². The Kier molecular flexibility index (Phi) is 6.15. The smallest absolute Gasteiger partial charge is 0.229 e. The summed E-state index contributed by atoms with van der Waals surface area (Å²) in [5, 5.41) is 7.74. The SMILES string of the molecule is COc1ccccc1Nc1nccc(NCCc2ccc(Cl)cc2Cl)n1. The number of rotatable bonds is 7. The Labute approximate surface area is 162 Å². The summed E-state index contributed by atoms with van der Waals surface area (Å²) in [5.74, 6) is 1.94. The van der Waals surface area contributed by atoms with Crippen LogP contribution in [-0.2, 0) is 6.42 Å². The highest BCUT2D eigenvalue weighted by Crippen LogP contribution is 2.26. The molecule has 0 aliphatic rings. The van der Waals surface area contributed by atoms with Crippen molar-refractivity contribution in [3.63, 3.8) is 0 Å². The van der Waals surface area contributed by atoms with E-state index in [0.29, 0.717) is 22.5 Å². The van der Waals surface area contributed by atoms with Gasteiger partial charge in [-0.25, -0.2) is 4.98 Å². The normalized spacial score (nSPS) is 10.4. The van der Waals surface area contributed by atoms with Gasteiger partial charge in [-0.1, -0.05) is 41.4 Å². The lowest BCUT2D eigenvalue weighted by Crippen LogP contribution is -2.08. The molecular formula is C19H18Cl2N4O. The van der Waals surface area contributed by atoms with E-state index in [1.165, 1.54) is 0 Å². The molecular weight excluding hydrogens is 371 g/mol. The van der Waals surface area contributed by atoms with Crippen LogP contribution < -0.4 is 15.4 Å². The number of methoxy groups -OCH3 is 1. The molecule has 3 aromatic rings. The Morgan fingerprint density at radius 1 is 1.08 bits per heavy atom. The largest absolute Gasteiger partial charge is 0.495 e. The van der Waals surface area contributed by atoms with Gasteiger partial charge in [0.1, 0.15) is 11.6 Å². The van der Waals surface area contributed by atoms with E-state index in [1.54, 1.807) is 19.4 Å². The summed E-state index contributed by atoms with van der Waals surface area (Å²) in [6.07, 6.45) is 2.46. The second kappa shape index (κ2) is 8.74. The van der Waals surface area contributed by atoms with Gasteiger partial charge >= 0.3 is 0 Å². The van der Waals surface area contributed by atoms with Gasteiger partial charge in [0, 0.05) is 22.8 Å². The lowest BCUT2D eigenvalue weighted by Gasteiger charge is -2.11. The summed E-state index contributed by atoms with van der Waals surface area (Å²) in [5.41, 5.74) is 1.84. The van der Waals surface area contributed by atoms with Gasteiger partial charge in [-0.3, -0.25) is 0 Å². The van der Waals surface area contributed by atoms with Crippen LogP contribution in [0.3, 0.4) is 0 Å². The first-order chi connectivity index (χ1) is 12.7. The summed E-state index contributed by atoms with van der Waals surface area (Å²) < 4.78 is 5.33. The van der Waals surface area contributed by atoms with Crippen LogP contribution in [0.2, 0.25) is 10.0 Å². The van der Waals surface area contributed by atoms with E-state index in [0.717, 1.165) is 29.2 Å². The second-order valence-electron chi connectivity index (χ2n) is 5.50. The number of benzene rings is 2. The maximum Gasteiger partial charge on any atom is 0.229 e. The quantitative estimate of drug-likeness (QED) is 0.582. The number of hydrogen-bond donors (Lipinski definition) is 2. The number of ether oxygens (including phenoxy) is 1. The molecule has 0 saturated carbocycles. The highest BCUT2D eigenvalue weighted by molar-refractivity contribution is 6.35. The fraction of sp³-hybridized carbons (Fsp3) is 0.158. The highest BCUT2D eigenvalue weighted by Gasteiger charge is 2.05. The molecule has 0 saturated heterocycles. The summed E-state index contributed by atoms with van der Waals surface area (Å²) in [7, 11) is 1.63. The molecule has 26 heavy (non-hydrogen) atoms. The maximum atomic E-state index is 6.20. The van der Waals surface area contributed by atoms with Gasteiger partial charge in [-0.15, -0.1) is 0 Å². The third kappa shape index (κ3) is 4.77. The van der Waals surface area contributed by atoms with Crippen LogP contribution in [-0.4, -0.2) is 23.6 Å². The van der Waals surface area contributed by atoms with Crippen molar-refractivity contribution in [3.8, 4) is 5.75 Å². The molecule has 0 amide bonds. The fourth-order valence-corrected chi connectivity index (χ4v) is 2.94. The summed E-state index contributed by atoms with van der Waals surface area (Å²) in [6, 6.07) is 14.9. The second-order valence-corrected chi connectivity index (χ2v) is 6.35. The van der Waals surface area contributed by atoms with Gasteiger partial charge in [-0.2, -0.15) is 4.98 Å². The average molecular weight is 389 g/mol. The summed E-state index contributed by atoms with van der Waals surface area (Å²) >= 11 is 12.1. The van der Waals surface area contributed by atoms with Crippen molar-refractivity contribution < 1.29 is 4.74 Å². The molecule has 0 radical (unpaired) electrons. The summed E-state index contributed by atoms with van der Waals surface area (Å²) in [4.78, 5) is 8.71. The van der Waals surface area contributed by atoms with E-state index >= 15 is 0 Å². The number of anilines is 3. The molecule has 0 bridgehead atoms. The molecule has 0 unspecified atom stereocenters. The average Bonchev–Trinajstić information content (AvgIpc) is 2.64. The van der Waals surface area contributed by atoms with Gasteiger partial charge in [-0.05, 0) is 42.3 Å². The van der Waals surface area contributed by atoms with Crippen molar-refractivity contribution in [2.75, 3.05) is 24.3 Å². The monoisotopic (exact) mass is 388 g/mol. The molecule has 7 heteroatoms. The number of halogens is 2. The molecule has 0 aliphatic heterocycles. The van der Waals surface area contributed by atoms with Gasteiger partial charge in [0.2, 0.25) is 5.95 Å². The molecule has 1 heterocycles. The first-order valence-corrected chi connectivity index (χ1v) is 8.82. The van der Waals surface area contributed by atoms with Crippen molar-refractivity contribution in [3.05, 3.63) is 70.3 Å². The van der Waals surface area contributed by atoms with Gasteiger partial charge in [0.25, 0.3) is 0 Å². The predicted molar refractivity (Wildman–Crippen MR) is 107 cm³/mol. The Bertz CT molecular complexity index is 889. The molecule has 0 atom stereocenters. The molecule has 134 valence electrons. The van der Waals surface area contributed by atoms with Crippen LogP contribution >= 0.6 is 23.2 Å². The minimum atomic E-state index is 0.490. The zero-order valence-corrected chi connectivity index (χ0v) is 15.7. The Balaban J connectivity index is 1.62. The van der Waals surface area contributed by atoms with Crippen LogP contribution in [0.1, 0.15) is 5.56 Å². The van der Waals surface area contributed by atoms with Crippen molar-refractivity contribution in [1.82, 2.24) is 9.97 Å². The fourth-order valence-electron chi connectivity index (χ4n) is 2.44. The Morgan fingerprint density at radius 3 is 2.73 bits per heavy atom. The lowest BCUT2D eigenvalue weighted by atomic mass is 10.1. The van der Waals surface area contributed by atoms with E-state index in [4.69, 9.17) is 27.9 Å². The topological polar surface area (TPSA) is 59.1 Å². The number of nitrogens with one attached hydrogen (secondary N) is 2. The first kappa shape index (κ1) is 18.3. The standard InChI is InChI=1S/C19H18Cl2N4O/c1-26-17-5-3-2-4-16(17)24-19-23-11-9-18(25-19)22-10-8-13-6-7-14(20)12-15(13)21/h2-7,9,11-12H,8,10H2,1H3,(H2,22,23,24,25). The lowest BCUT2D eigenvalue weighted by molar-refractivity contribution is 0.417. The number of para-hydroxylation sites is 2. The van der Waals surface area contributed by atoms with Gasteiger partial charge in [0.05, 0.1) is 12.8 Å². The third-order valence-electron chi connectivity index (χ3n) is 3.72. The Hall–Kier alpha value is -2.50. The molecule has 0 spiro atoms. The zero-order valence-electron chi connectivity index (χ0n) is 14.2. The number of hydrogen-bond acceptors (Lipinski definition) is 5. The zero-order chi connectivity index (χ0) is 18.4. The maximum absolute atomic E-state index is 6.20. The third-order valence-corrected chi connectivity index (χ3v) is 4.31. The minimum Gasteiger partial charge on any atom is -0.495 e. The number of nitrogens with zero attached hydrogens (tertiary/aromatic N) is 2. The molecule has 2 N–H and O–H groups in total. The minimum absolute atomic E-state index is 0.490. The molecule has 3 rings (SSSR count). The van der Waals surface area contributed by atoms with Crippen LogP contribution in [0.25, 0.3) is 0 Å². The van der Waals surface area contributed by atoms with E-state index in [2.05, 4.69) is 20.6 Å². The molecule has 1 aromatic heterocycles. The molecule has 0 aliphatic carbocycles. The number of aromatic nitrogens is 2. The van der Waals surface area contributed by atoms with E-state index in [1.807, 2.05) is 42.5 Å². The molecule has 5 nitrogen and oxygen atoms in total. The van der Waals surface area contributed by atoms with Gasteiger partial charge < -0.3 is 15.4 Å². The Morgan fingerprint density at radius 2 is 1.92 bits per heavy atom. The van der Waals surface area contributed by atoms with Crippen molar-refractivity contribution >= 4 is 40.7 Å². The van der Waals surface area contributed by atoms with E-state index < -0.39 is 0 Å². The first-order valence-electron chi connectivity index (χ1n) is 8.06. The molecule has 0 fully saturated rings.